The number of aliphatic hydroxyl groups excluding tert-OH is 1. The Morgan fingerprint density at radius 3 is 2.76 bits per heavy atom. The summed E-state index contributed by atoms with van der Waals surface area (Å²) in [5.41, 5.74) is 0. The van der Waals surface area contributed by atoms with E-state index < -0.39 is 6.10 Å². The van der Waals surface area contributed by atoms with Crippen molar-refractivity contribution in [3.63, 3.8) is 0 Å². The van der Waals surface area contributed by atoms with Crippen LogP contribution in [0.4, 0.5) is 0 Å². The summed E-state index contributed by atoms with van der Waals surface area (Å²) in [6, 6.07) is 0. The van der Waals surface area contributed by atoms with E-state index in [1.807, 2.05) is 0 Å². The smallest absolute Gasteiger partial charge is 0.245 e. The van der Waals surface area contributed by atoms with Gasteiger partial charge in [-0.15, -0.1) is 4.37 Å². The Bertz CT molecular complexity index is 293. The molecule has 0 fully saturated rings. The number of ether oxygens (including phenoxy) is 1. The maximum absolute atomic E-state index is 9.67. The molecule has 2 unspecified atom stereocenters. The molecule has 1 rings (SSSR count). The van der Waals surface area contributed by atoms with Gasteiger partial charge in [-0.25, -0.2) is 0 Å². The normalized spacial score (nSPS) is 14.9. The van der Waals surface area contributed by atoms with Crippen LogP contribution >= 0.6 is 11.7 Å². The van der Waals surface area contributed by atoms with Gasteiger partial charge in [0.05, 0.1) is 11.7 Å². The third-order valence-electron chi connectivity index (χ3n) is 2.75. The van der Waals surface area contributed by atoms with Crippen LogP contribution < -0.4 is 10.1 Å². The van der Waals surface area contributed by atoms with E-state index in [4.69, 9.17) is 4.74 Å². The molecule has 0 aliphatic heterocycles. The zero-order chi connectivity index (χ0) is 12.7. The van der Waals surface area contributed by atoms with E-state index in [1.165, 1.54) is 0 Å². The average Bonchev–Trinajstić information content (AvgIpc) is 2.78. The molecule has 2 N–H and O–H groups in total. The summed E-state index contributed by atoms with van der Waals surface area (Å²) in [7, 11) is 0. The topological polar surface area (TPSA) is 67.3 Å². The van der Waals surface area contributed by atoms with E-state index in [9.17, 15) is 5.11 Å². The predicted octanol–water partition coefficient (Wildman–Crippen LogP) is 1.16. The third kappa shape index (κ3) is 5.95. The Morgan fingerprint density at radius 1 is 1.41 bits per heavy atom. The molecule has 2 atom stereocenters. The molecule has 0 amide bonds. The molecule has 0 spiro atoms. The maximum Gasteiger partial charge on any atom is 0.245 e. The molecule has 0 bridgehead atoms. The predicted molar refractivity (Wildman–Crippen MR) is 68.3 cm³/mol. The molecule has 1 aromatic heterocycles. The molecule has 0 saturated heterocycles. The first-order valence-electron chi connectivity index (χ1n) is 5.88. The molecule has 5 nitrogen and oxygen atoms in total. The Hall–Kier alpha value is -0.720. The van der Waals surface area contributed by atoms with Crippen molar-refractivity contribution < 1.29 is 9.84 Å². The van der Waals surface area contributed by atoms with Crippen LogP contribution in [-0.2, 0) is 0 Å². The van der Waals surface area contributed by atoms with E-state index in [1.54, 1.807) is 6.20 Å². The molecule has 0 aliphatic carbocycles. The van der Waals surface area contributed by atoms with Crippen molar-refractivity contribution in [2.75, 3.05) is 19.7 Å². The van der Waals surface area contributed by atoms with Crippen molar-refractivity contribution in [1.82, 2.24) is 14.1 Å². The van der Waals surface area contributed by atoms with Crippen LogP contribution in [0.5, 0.6) is 5.88 Å². The average molecular weight is 259 g/mol. The van der Waals surface area contributed by atoms with Crippen molar-refractivity contribution in [2.24, 2.45) is 11.8 Å². The highest BCUT2D eigenvalue weighted by molar-refractivity contribution is 6.99. The molecule has 17 heavy (non-hydrogen) atoms. The monoisotopic (exact) mass is 259 g/mol. The first kappa shape index (κ1) is 14.3. The number of nitrogens with one attached hydrogen (secondary N) is 1. The minimum absolute atomic E-state index is 0.245. The summed E-state index contributed by atoms with van der Waals surface area (Å²) < 4.78 is 13.0. The second-order valence-corrected chi connectivity index (χ2v) is 5.15. The van der Waals surface area contributed by atoms with E-state index in [0.717, 1.165) is 18.3 Å². The highest BCUT2D eigenvalue weighted by Crippen LogP contribution is 2.07. The summed E-state index contributed by atoms with van der Waals surface area (Å²) in [5.74, 6) is 1.73. The molecule has 0 radical (unpaired) electrons. The van der Waals surface area contributed by atoms with Crippen LogP contribution in [0.3, 0.4) is 0 Å². The molecule has 1 heterocycles. The van der Waals surface area contributed by atoms with Crippen molar-refractivity contribution in [1.29, 1.82) is 0 Å². The lowest BCUT2D eigenvalue weighted by atomic mass is 9.98. The summed E-state index contributed by atoms with van der Waals surface area (Å²) >= 11 is 1.09. The second kappa shape index (κ2) is 7.58. The van der Waals surface area contributed by atoms with Gasteiger partial charge >= 0.3 is 0 Å². The number of hydrogen-bond acceptors (Lipinski definition) is 6. The highest BCUT2D eigenvalue weighted by Gasteiger charge is 2.09. The molecule has 1 aromatic rings. The zero-order valence-corrected chi connectivity index (χ0v) is 11.4. The quantitative estimate of drug-likeness (QED) is 0.733. The van der Waals surface area contributed by atoms with E-state index >= 15 is 0 Å². The summed E-state index contributed by atoms with van der Waals surface area (Å²) in [6.07, 6.45) is 1.03. The summed E-state index contributed by atoms with van der Waals surface area (Å²) in [5, 5.41) is 12.9. The number of aliphatic hydroxyl groups is 1. The summed E-state index contributed by atoms with van der Waals surface area (Å²) in [6.45, 7) is 8.28. The van der Waals surface area contributed by atoms with Crippen molar-refractivity contribution in [3.05, 3.63) is 6.20 Å². The maximum atomic E-state index is 9.67. The fourth-order valence-corrected chi connectivity index (χ4v) is 1.54. The van der Waals surface area contributed by atoms with Gasteiger partial charge in [0.15, 0.2) is 0 Å². The van der Waals surface area contributed by atoms with Crippen LogP contribution in [0.15, 0.2) is 6.20 Å². The Morgan fingerprint density at radius 2 is 2.18 bits per heavy atom. The Kier molecular flexibility index (Phi) is 6.39. The van der Waals surface area contributed by atoms with Crippen LogP contribution in [0.1, 0.15) is 20.8 Å². The Balaban J connectivity index is 2.07. The highest BCUT2D eigenvalue weighted by atomic mass is 32.1. The third-order valence-corrected chi connectivity index (χ3v) is 3.21. The number of rotatable bonds is 8. The van der Waals surface area contributed by atoms with Gasteiger partial charge in [0.1, 0.15) is 18.9 Å². The van der Waals surface area contributed by atoms with Gasteiger partial charge in [0, 0.05) is 6.54 Å². The molecule has 0 saturated carbocycles. The van der Waals surface area contributed by atoms with Gasteiger partial charge in [-0.1, -0.05) is 20.8 Å². The van der Waals surface area contributed by atoms with Crippen LogP contribution in [0.2, 0.25) is 0 Å². The standard InChI is InChI=1S/C11H21N3O2S/c1-8(2)9(3)4-12-5-10(15)7-16-11-6-13-17-14-11/h6,8-10,12,15H,4-5,7H2,1-3H3. The zero-order valence-electron chi connectivity index (χ0n) is 10.6. The number of hydrogen-bond donors (Lipinski definition) is 2. The van der Waals surface area contributed by atoms with Crippen molar-refractivity contribution in [3.8, 4) is 5.88 Å². The van der Waals surface area contributed by atoms with Gasteiger partial charge in [-0.2, -0.15) is 4.37 Å². The Labute approximate surface area is 107 Å². The SMILES string of the molecule is CC(C)C(C)CNCC(O)COc1cnsn1. The fourth-order valence-electron chi connectivity index (χ4n) is 1.17. The number of aromatic nitrogens is 2. The molecule has 6 heteroatoms. The van der Waals surface area contributed by atoms with Gasteiger partial charge in [0.25, 0.3) is 0 Å². The molecule has 0 aliphatic rings. The van der Waals surface area contributed by atoms with Crippen LogP contribution in [0.25, 0.3) is 0 Å². The largest absolute Gasteiger partial charge is 0.473 e. The number of nitrogens with zero attached hydrogens (tertiary/aromatic N) is 2. The molecular weight excluding hydrogens is 238 g/mol. The van der Waals surface area contributed by atoms with Gasteiger partial charge < -0.3 is 15.2 Å². The molecule has 98 valence electrons. The minimum Gasteiger partial charge on any atom is -0.473 e. The van der Waals surface area contributed by atoms with Crippen LogP contribution in [-0.4, -0.2) is 39.7 Å². The van der Waals surface area contributed by atoms with Crippen LogP contribution in [0, 0.1) is 11.8 Å². The van der Waals surface area contributed by atoms with E-state index in [-0.39, 0.29) is 6.61 Å². The van der Waals surface area contributed by atoms with Gasteiger partial charge in [0.2, 0.25) is 5.88 Å². The summed E-state index contributed by atoms with van der Waals surface area (Å²) in [4.78, 5) is 0. The van der Waals surface area contributed by atoms with Crippen molar-refractivity contribution >= 4 is 11.7 Å². The second-order valence-electron chi connectivity index (χ2n) is 4.59. The first-order chi connectivity index (χ1) is 8.09. The van der Waals surface area contributed by atoms with Gasteiger partial charge in [-0.05, 0) is 18.4 Å². The lowest BCUT2D eigenvalue weighted by molar-refractivity contribution is 0.103. The minimum atomic E-state index is -0.518. The molecular formula is C11H21N3O2S. The van der Waals surface area contributed by atoms with Crippen molar-refractivity contribution in [2.45, 2.75) is 26.9 Å². The fraction of sp³-hybridized carbons (Fsp3) is 0.818. The van der Waals surface area contributed by atoms with E-state index in [2.05, 4.69) is 34.8 Å². The molecule has 0 aromatic carbocycles. The first-order valence-corrected chi connectivity index (χ1v) is 6.61. The van der Waals surface area contributed by atoms with Gasteiger partial charge in [-0.3, -0.25) is 0 Å². The lowest BCUT2D eigenvalue weighted by Crippen LogP contribution is -2.34. The van der Waals surface area contributed by atoms with E-state index in [0.29, 0.717) is 24.3 Å². The lowest BCUT2D eigenvalue weighted by Gasteiger charge is -2.17.